The molecule has 154 valence electrons. The summed E-state index contributed by atoms with van der Waals surface area (Å²) in [5, 5.41) is 14.6. The van der Waals surface area contributed by atoms with Crippen molar-refractivity contribution < 1.29 is 18.8 Å². The second-order valence-electron chi connectivity index (χ2n) is 6.56. The predicted molar refractivity (Wildman–Crippen MR) is 113 cm³/mol. The van der Waals surface area contributed by atoms with Crippen LogP contribution in [0.1, 0.15) is 5.56 Å². The zero-order valence-electron chi connectivity index (χ0n) is 15.7. The van der Waals surface area contributed by atoms with Gasteiger partial charge in [-0.25, -0.2) is 9.38 Å². The lowest BCUT2D eigenvalue weighted by molar-refractivity contribution is -0.384. The number of halogens is 1. The standard InChI is InChI=1S/C20H17FN4O4S/c21-14-2-4-15(5-3-14)22-20-23-19(26)18(30-20)12-13-1-6-16(17(11-13)25(27)28)24-7-9-29-10-8-24/h1-6,11-12H,7-10H2,(H,22,23,26). The van der Waals surface area contributed by atoms with Gasteiger partial charge in [-0.15, -0.1) is 0 Å². The van der Waals surface area contributed by atoms with Crippen molar-refractivity contribution in [3.8, 4) is 0 Å². The highest BCUT2D eigenvalue weighted by atomic mass is 32.2. The van der Waals surface area contributed by atoms with E-state index in [1.807, 2.05) is 4.90 Å². The third-order valence-electron chi connectivity index (χ3n) is 4.55. The van der Waals surface area contributed by atoms with Gasteiger partial charge in [0, 0.05) is 19.2 Å². The fraction of sp³-hybridized carbons (Fsp3) is 0.200. The Morgan fingerprint density at radius 3 is 2.63 bits per heavy atom. The molecule has 2 aliphatic heterocycles. The fourth-order valence-electron chi connectivity index (χ4n) is 3.11. The number of rotatable bonds is 4. The predicted octanol–water partition coefficient (Wildman–Crippen LogP) is 3.46. The van der Waals surface area contributed by atoms with Crippen LogP contribution in [0.25, 0.3) is 6.08 Å². The molecule has 1 amide bonds. The van der Waals surface area contributed by atoms with E-state index < -0.39 is 4.92 Å². The van der Waals surface area contributed by atoms with Crippen molar-refractivity contribution in [2.24, 2.45) is 4.99 Å². The maximum Gasteiger partial charge on any atom is 0.293 e. The zero-order chi connectivity index (χ0) is 21.1. The Balaban J connectivity index is 1.58. The summed E-state index contributed by atoms with van der Waals surface area (Å²) in [7, 11) is 0. The van der Waals surface area contributed by atoms with Crippen molar-refractivity contribution in [2.75, 3.05) is 31.2 Å². The zero-order valence-corrected chi connectivity index (χ0v) is 16.5. The Labute approximate surface area is 175 Å². The van der Waals surface area contributed by atoms with Gasteiger partial charge in [-0.3, -0.25) is 14.9 Å². The molecule has 2 saturated heterocycles. The van der Waals surface area contributed by atoms with Crippen LogP contribution in [0.3, 0.4) is 0 Å². The molecule has 0 saturated carbocycles. The van der Waals surface area contributed by atoms with Crippen molar-refractivity contribution in [1.29, 1.82) is 0 Å². The number of nitrogens with one attached hydrogen (secondary N) is 1. The van der Waals surface area contributed by atoms with Crippen LogP contribution < -0.4 is 10.2 Å². The molecule has 2 aromatic rings. The number of thioether (sulfide) groups is 1. The lowest BCUT2D eigenvalue weighted by Crippen LogP contribution is -2.36. The minimum absolute atomic E-state index is 0.0187. The molecule has 0 atom stereocenters. The molecule has 1 N–H and O–H groups in total. The quantitative estimate of drug-likeness (QED) is 0.455. The molecule has 30 heavy (non-hydrogen) atoms. The van der Waals surface area contributed by atoms with E-state index in [1.165, 1.54) is 30.3 Å². The average Bonchev–Trinajstić information content (AvgIpc) is 3.09. The van der Waals surface area contributed by atoms with Gasteiger partial charge in [-0.1, -0.05) is 6.07 Å². The molecule has 0 bridgehead atoms. The van der Waals surface area contributed by atoms with Crippen LogP contribution in [-0.4, -0.2) is 42.3 Å². The van der Waals surface area contributed by atoms with Gasteiger partial charge in [0.05, 0.1) is 28.7 Å². The Hall–Kier alpha value is -3.24. The van der Waals surface area contributed by atoms with E-state index in [0.29, 0.717) is 53.3 Å². The molecule has 4 rings (SSSR count). The molecule has 2 fully saturated rings. The second-order valence-corrected chi connectivity index (χ2v) is 7.59. The summed E-state index contributed by atoms with van der Waals surface area (Å²) in [5.41, 5.74) is 1.56. The first-order valence-electron chi connectivity index (χ1n) is 9.16. The molecule has 0 spiro atoms. The van der Waals surface area contributed by atoms with Crippen molar-refractivity contribution in [3.05, 3.63) is 68.9 Å². The number of morpholine rings is 1. The number of carbonyl (C=O) groups excluding carboxylic acids is 1. The second kappa shape index (κ2) is 8.64. The molecule has 0 aromatic heterocycles. The van der Waals surface area contributed by atoms with Crippen molar-refractivity contribution in [3.63, 3.8) is 0 Å². The number of hydrogen-bond donors (Lipinski definition) is 1. The molecule has 0 aliphatic carbocycles. The number of nitrogens with zero attached hydrogens (tertiary/aromatic N) is 3. The summed E-state index contributed by atoms with van der Waals surface area (Å²) in [6, 6.07) is 10.5. The summed E-state index contributed by atoms with van der Waals surface area (Å²) < 4.78 is 18.3. The van der Waals surface area contributed by atoms with E-state index in [4.69, 9.17) is 4.74 Å². The number of nitro groups is 1. The van der Waals surface area contributed by atoms with Gasteiger partial charge >= 0.3 is 0 Å². The lowest BCUT2D eigenvalue weighted by Gasteiger charge is -2.28. The third kappa shape index (κ3) is 4.50. The number of carbonyl (C=O) groups is 1. The molecule has 0 radical (unpaired) electrons. The van der Waals surface area contributed by atoms with Gasteiger partial charge in [0.1, 0.15) is 11.5 Å². The molecule has 10 heteroatoms. The van der Waals surface area contributed by atoms with E-state index in [9.17, 15) is 19.3 Å². The normalized spacial score (nSPS) is 19.4. The highest BCUT2D eigenvalue weighted by Crippen LogP contribution is 2.33. The summed E-state index contributed by atoms with van der Waals surface area (Å²) in [5.74, 6) is -0.717. The number of benzene rings is 2. The Morgan fingerprint density at radius 2 is 1.93 bits per heavy atom. The maximum absolute atomic E-state index is 13.0. The van der Waals surface area contributed by atoms with E-state index in [0.717, 1.165) is 11.8 Å². The van der Waals surface area contributed by atoms with E-state index in [1.54, 1.807) is 18.2 Å². The summed E-state index contributed by atoms with van der Waals surface area (Å²) in [4.78, 5) is 30.0. The monoisotopic (exact) mass is 428 g/mol. The average molecular weight is 428 g/mol. The molecule has 0 unspecified atom stereocenters. The number of ether oxygens (including phenoxy) is 1. The van der Waals surface area contributed by atoms with Crippen LogP contribution in [-0.2, 0) is 9.53 Å². The first-order chi connectivity index (χ1) is 14.5. The number of amidine groups is 1. The van der Waals surface area contributed by atoms with Crippen LogP contribution in [0.2, 0.25) is 0 Å². The number of nitro benzene ring substituents is 1. The van der Waals surface area contributed by atoms with Gasteiger partial charge in [-0.05, 0) is 53.7 Å². The first kappa shape index (κ1) is 20.0. The Morgan fingerprint density at radius 1 is 1.20 bits per heavy atom. The van der Waals surface area contributed by atoms with Crippen LogP contribution in [0.15, 0.2) is 52.4 Å². The van der Waals surface area contributed by atoms with E-state index >= 15 is 0 Å². The van der Waals surface area contributed by atoms with Gasteiger partial charge in [-0.2, -0.15) is 0 Å². The summed E-state index contributed by atoms with van der Waals surface area (Å²) >= 11 is 1.12. The molecule has 2 aliphatic rings. The van der Waals surface area contributed by atoms with Gasteiger partial charge in [0.15, 0.2) is 5.17 Å². The summed E-state index contributed by atoms with van der Waals surface area (Å²) in [6.07, 6.45) is 1.59. The number of anilines is 1. The molecule has 8 nitrogen and oxygen atoms in total. The third-order valence-corrected chi connectivity index (χ3v) is 5.46. The number of amides is 1. The van der Waals surface area contributed by atoms with Crippen molar-refractivity contribution in [1.82, 2.24) is 5.32 Å². The topological polar surface area (TPSA) is 97.1 Å². The summed E-state index contributed by atoms with van der Waals surface area (Å²) in [6.45, 7) is 2.22. The van der Waals surface area contributed by atoms with E-state index in [-0.39, 0.29) is 17.4 Å². The first-order valence-corrected chi connectivity index (χ1v) is 9.97. The Bertz CT molecular complexity index is 1050. The smallest absolute Gasteiger partial charge is 0.293 e. The number of aliphatic imine (C=N–C) groups is 1. The van der Waals surface area contributed by atoms with Crippen molar-refractivity contribution >= 4 is 46.0 Å². The fourth-order valence-corrected chi connectivity index (χ4v) is 3.95. The van der Waals surface area contributed by atoms with Gasteiger partial charge in [0.25, 0.3) is 11.6 Å². The molecule has 2 heterocycles. The minimum atomic E-state index is -0.421. The van der Waals surface area contributed by atoms with E-state index in [2.05, 4.69) is 10.3 Å². The lowest BCUT2D eigenvalue weighted by atomic mass is 10.1. The van der Waals surface area contributed by atoms with Crippen LogP contribution in [0.5, 0.6) is 0 Å². The van der Waals surface area contributed by atoms with Crippen LogP contribution >= 0.6 is 11.8 Å². The molecule has 2 aromatic carbocycles. The highest BCUT2D eigenvalue weighted by Gasteiger charge is 2.25. The maximum atomic E-state index is 13.0. The molecular formula is C20H17FN4O4S. The Kier molecular flexibility index (Phi) is 5.77. The van der Waals surface area contributed by atoms with Crippen LogP contribution in [0, 0.1) is 15.9 Å². The largest absolute Gasteiger partial charge is 0.378 e. The van der Waals surface area contributed by atoms with Gasteiger partial charge < -0.3 is 15.0 Å². The number of hydrogen-bond acceptors (Lipinski definition) is 7. The van der Waals surface area contributed by atoms with Crippen molar-refractivity contribution in [2.45, 2.75) is 0 Å². The van der Waals surface area contributed by atoms with Crippen LogP contribution in [0.4, 0.5) is 21.5 Å². The molecular weight excluding hydrogens is 411 g/mol. The SMILES string of the molecule is O=C1NC(=Nc2ccc(F)cc2)SC1=Cc1ccc(N2CCOCC2)c([N+](=O)[O-])c1. The minimum Gasteiger partial charge on any atom is -0.378 e. The highest BCUT2D eigenvalue weighted by molar-refractivity contribution is 8.18. The van der Waals surface area contributed by atoms with Gasteiger partial charge in [0.2, 0.25) is 0 Å².